The molecule has 2 N–H and O–H groups in total. The molecule has 118 valence electrons. The number of hydrogen-bond donors (Lipinski definition) is 2. The van der Waals surface area contributed by atoms with Gasteiger partial charge in [0.1, 0.15) is 5.84 Å². The van der Waals surface area contributed by atoms with Gasteiger partial charge in [0, 0.05) is 17.6 Å². The number of benzene rings is 2. The van der Waals surface area contributed by atoms with Gasteiger partial charge in [0.15, 0.2) is 0 Å². The number of aryl methyl sites for hydroxylation is 1. The van der Waals surface area contributed by atoms with Crippen molar-refractivity contribution in [3.8, 4) is 0 Å². The maximum atomic E-state index is 4.99. The van der Waals surface area contributed by atoms with Crippen LogP contribution < -0.4 is 10.6 Å². The zero-order valence-corrected chi connectivity index (χ0v) is 13.6. The lowest BCUT2D eigenvalue weighted by Gasteiger charge is -2.36. The summed E-state index contributed by atoms with van der Waals surface area (Å²) in [5, 5.41) is 7.15. The highest BCUT2D eigenvalue weighted by Crippen LogP contribution is 2.38. The minimum absolute atomic E-state index is 0.137. The van der Waals surface area contributed by atoms with Crippen molar-refractivity contribution in [1.82, 2.24) is 5.32 Å². The van der Waals surface area contributed by atoms with E-state index in [4.69, 9.17) is 4.99 Å². The Balaban J connectivity index is 1.66. The van der Waals surface area contributed by atoms with Crippen LogP contribution in [0.25, 0.3) is 0 Å². The number of nitrogens with one attached hydrogen (secondary N) is 2. The highest BCUT2D eigenvalue weighted by atomic mass is 15.1. The van der Waals surface area contributed by atoms with Crippen LogP contribution >= 0.6 is 0 Å². The summed E-state index contributed by atoms with van der Waals surface area (Å²) in [6.45, 7) is 4.97. The lowest BCUT2D eigenvalue weighted by Crippen LogP contribution is -2.43. The van der Waals surface area contributed by atoms with E-state index in [1.807, 2.05) is 0 Å². The normalized spacial score (nSPS) is 24.7. The zero-order valence-electron chi connectivity index (χ0n) is 13.6. The molecule has 0 radical (unpaired) electrons. The number of nitrogens with zero attached hydrogens (tertiary/aromatic N) is 1. The number of rotatable bonds is 2. The average Bonchev–Trinajstić information content (AvgIpc) is 3.02. The fraction of sp³-hybridized carbons (Fsp3) is 0.350. The van der Waals surface area contributed by atoms with Crippen LogP contribution in [0.3, 0.4) is 0 Å². The minimum Gasteiger partial charge on any atom is -0.343 e. The Kier molecular flexibility index (Phi) is 3.66. The second kappa shape index (κ2) is 5.82. The number of para-hydroxylation sites is 1. The molecule has 0 aliphatic carbocycles. The molecule has 2 aliphatic rings. The van der Waals surface area contributed by atoms with Gasteiger partial charge in [-0.05, 0) is 43.5 Å². The van der Waals surface area contributed by atoms with Crippen LogP contribution in [0.2, 0.25) is 0 Å². The highest BCUT2D eigenvalue weighted by molar-refractivity contribution is 6.03. The van der Waals surface area contributed by atoms with Gasteiger partial charge in [-0.3, -0.25) is 4.99 Å². The Bertz CT molecular complexity index is 742. The molecule has 3 heteroatoms. The first-order chi connectivity index (χ1) is 11.3. The molecule has 23 heavy (non-hydrogen) atoms. The highest BCUT2D eigenvalue weighted by Gasteiger charge is 2.42. The van der Waals surface area contributed by atoms with E-state index in [0.717, 1.165) is 38.3 Å². The second-order valence-corrected chi connectivity index (χ2v) is 6.82. The number of amidine groups is 1. The first-order valence-corrected chi connectivity index (χ1v) is 8.41. The number of hydrogen-bond acceptors (Lipinski definition) is 2. The van der Waals surface area contributed by atoms with Crippen LogP contribution in [0.15, 0.2) is 53.5 Å². The van der Waals surface area contributed by atoms with E-state index in [0.29, 0.717) is 0 Å². The second-order valence-electron chi connectivity index (χ2n) is 6.82. The molecule has 1 spiro atoms. The number of fused-ring (bicyclic) bond motifs is 1. The van der Waals surface area contributed by atoms with E-state index in [1.165, 1.54) is 22.4 Å². The molecule has 0 amide bonds. The lowest BCUT2D eigenvalue weighted by molar-refractivity contribution is 0.454. The standard InChI is InChI=1S/C20H23N3/c1-15-5-4-6-16(11-15)13-22-19-20(9-10-21-14-20)12-17-7-2-3-8-18(17)23-19/h2-8,11,21H,9-10,12-14H2,1H3,(H,22,23). The van der Waals surface area contributed by atoms with Crippen molar-refractivity contribution in [2.24, 2.45) is 10.4 Å². The molecule has 1 saturated heterocycles. The quantitative estimate of drug-likeness (QED) is 0.890. The summed E-state index contributed by atoms with van der Waals surface area (Å²) in [7, 11) is 0. The van der Waals surface area contributed by atoms with Gasteiger partial charge >= 0.3 is 0 Å². The van der Waals surface area contributed by atoms with Crippen molar-refractivity contribution in [3.05, 3.63) is 65.2 Å². The molecule has 2 aromatic rings. The third-order valence-electron chi connectivity index (χ3n) is 5.05. The first kappa shape index (κ1) is 14.5. The molecule has 0 bridgehead atoms. The molecule has 1 fully saturated rings. The molecular weight excluding hydrogens is 282 g/mol. The molecule has 3 nitrogen and oxygen atoms in total. The third kappa shape index (κ3) is 2.77. The first-order valence-electron chi connectivity index (χ1n) is 8.41. The van der Waals surface area contributed by atoms with Crippen molar-refractivity contribution < 1.29 is 0 Å². The predicted octanol–water partition coefficient (Wildman–Crippen LogP) is 3.54. The lowest BCUT2D eigenvalue weighted by atomic mass is 9.76. The van der Waals surface area contributed by atoms with Gasteiger partial charge in [-0.1, -0.05) is 48.0 Å². The summed E-state index contributed by atoms with van der Waals surface area (Å²) >= 11 is 0. The summed E-state index contributed by atoms with van der Waals surface area (Å²) in [4.78, 5) is 4.99. The van der Waals surface area contributed by atoms with Crippen LogP contribution in [-0.4, -0.2) is 18.9 Å². The van der Waals surface area contributed by atoms with Crippen LogP contribution in [0.1, 0.15) is 23.1 Å². The van der Waals surface area contributed by atoms with E-state index in [9.17, 15) is 0 Å². The smallest absolute Gasteiger partial charge is 0.109 e. The van der Waals surface area contributed by atoms with E-state index >= 15 is 0 Å². The van der Waals surface area contributed by atoms with Gasteiger partial charge in [-0.25, -0.2) is 0 Å². The topological polar surface area (TPSA) is 36.4 Å². The molecular formula is C20H23N3. The minimum atomic E-state index is 0.137. The fourth-order valence-electron chi connectivity index (χ4n) is 3.79. The van der Waals surface area contributed by atoms with Crippen LogP contribution in [0.5, 0.6) is 0 Å². The zero-order chi connectivity index (χ0) is 15.7. The summed E-state index contributed by atoms with van der Waals surface area (Å²) in [6.07, 6.45) is 2.23. The summed E-state index contributed by atoms with van der Waals surface area (Å²) < 4.78 is 0. The molecule has 2 aromatic carbocycles. The summed E-state index contributed by atoms with van der Waals surface area (Å²) in [5.41, 5.74) is 5.33. The Hall–Kier alpha value is -2.13. The van der Waals surface area contributed by atoms with Crippen molar-refractivity contribution >= 4 is 11.5 Å². The van der Waals surface area contributed by atoms with Gasteiger partial charge in [0.25, 0.3) is 0 Å². The van der Waals surface area contributed by atoms with E-state index < -0.39 is 0 Å². The monoisotopic (exact) mass is 305 g/mol. The maximum absolute atomic E-state index is 4.99. The molecule has 1 atom stereocenters. The van der Waals surface area contributed by atoms with Crippen molar-refractivity contribution in [2.45, 2.75) is 26.3 Å². The maximum Gasteiger partial charge on any atom is 0.109 e. The summed E-state index contributed by atoms with van der Waals surface area (Å²) in [5.74, 6) is 1.16. The molecule has 4 rings (SSSR count). The largest absolute Gasteiger partial charge is 0.343 e. The summed E-state index contributed by atoms with van der Waals surface area (Å²) in [6, 6.07) is 17.2. The van der Waals surface area contributed by atoms with Gasteiger partial charge in [0.2, 0.25) is 0 Å². The van der Waals surface area contributed by atoms with Crippen LogP contribution in [-0.2, 0) is 13.0 Å². The van der Waals surface area contributed by atoms with Crippen molar-refractivity contribution in [2.75, 3.05) is 18.4 Å². The molecule has 0 saturated carbocycles. The van der Waals surface area contributed by atoms with Crippen molar-refractivity contribution in [1.29, 1.82) is 0 Å². The average molecular weight is 305 g/mol. The third-order valence-corrected chi connectivity index (χ3v) is 5.05. The number of aliphatic imine (C=N–C) groups is 1. The SMILES string of the molecule is Cc1cccc(CN=C2Nc3ccccc3CC23CCNC3)c1. The van der Waals surface area contributed by atoms with Crippen LogP contribution in [0.4, 0.5) is 5.69 Å². The molecule has 2 aliphatic heterocycles. The van der Waals surface area contributed by atoms with Gasteiger partial charge in [0.05, 0.1) is 6.54 Å². The van der Waals surface area contributed by atoms with E-state index in [2.05, 4.69) is 66.1 Å². The Morgan fingerprint density at radius 2 is 2.04 bits per heavy atom. The molecule has 2 heterocycles. The Morgan fingerprint density at radius 3 is 2.87 bits per heavy atom. The van der Waals surface area contributed by atoms with E-state index in [1.54, 1.807) is 0 Å². The van der Waals surface area contributed by atoms with Crippen LogP contribution in [0, 0.1) is 12.3 Å². The molecule has 1 unspecified atom stereocenters. The van der Waals surface area contributed by atoms with Gasteiger partial charge < -0.3 is 10.6 Å². The molecule has 0 aromatic heterocycles. The number of anilines is 1. The van der Waals surface area contributed by atoms with E-state index in [-0.39, 0.29) is 5.41 Å². The van der Waals surface area contributed by atoms with Crippen molar-refractivity contribution in [3.63, 3.8) is 0 Å². The Labute approximate surface area is 137 Å². The predicted molar refractivity (Wildman–Crippen MR) is 96.0 cm³/mol. The fourth-order valence-corrected chi connectivity index (χ4v) is 3.79. The van der Waals surface area contributed by atoms with Gasteiger partial charge in [-0.2, -0.15) is 0 Å². The Morgan fingerprint density at radius 1 is 1.13 bits per heavy atom. The van der Waals surface area contributed by atoms with Gasteiger partial charge in [-0.15, -0.1) is 0 Å².